The Morgan fingerprint density at radius 3 is 2.84 bits per heavy atom. The number of hydrogen-bond acceptors (Lipinski definition) is 5. The summed E-state index contributed by atoms with van der Waals surface area (Å²) in [7, 11) is 0. The number of benzene rings is 1. The van der Waals surface area contributed by atoms with Crippen molar-refractivity contribution >= 4 is 29.0 Å². The van der Waals surface area contributed by atoms with E-state index < -0.39 is 0 Å². The summed E-state index contributed by atoms with van der Waals surface area (Å²) in [6.07, 6.45) is 1.18. The fraction of sp³-hybridized carbons (Fsp3) is 0.444. The molecule has 4 nitrogen and oxygen atoms in total. The number of carbonyl (C=O) groups is 1. The van der Waals surface area contributed by atoms with Gasteiger partial charge in [-0.1, -0.05) is 0 Å². The average Bonchev–Trinajstić information content (AvgIpc) is 3.18. The van der Waals surface area contributed by atoms with Crippen LogP contribution in [0.25, 0.3) is 0 Å². The lowest BCUT2D eigenvalue weighted by atomic mass is 9.92. The van der Waals surface area contributed by atoms with Gasteiger partial charge in [0, 0.05) is 29.8 Å². The first-order valence-corrected chi connectivity index (χ1v) is 10.1. The number of halogens is 1. The molecule has 0 saturated carbocycles. The van der Waals surface area contributed by atoms with Gasteiger partial charge >= 0.3 is 0 Å². The lowest BCUT2D eigenvalue weighted by Crippen LogP contribution is -2.60. The Morgan fingerprint density at radius 2 is 2.16 bits per heavy atom. The fourth-order valence-corrected chi connectivity index (χ4v) is 5.52. The van der Waals surface area contributed by atoms with Gasteiger partial charge in [-0.05, 0) is 37.6 Å². The van der Waals surface area contributed by atoms with Gasteiger partial charge in [0.25, 0.3) is 5.91 Å². The Bertz CT molecular complexity index is 772. The molecular formula is C18H19FN2O2S2. The van der Waals surface area contributed by atoms with Crippen LogP contribution in [0.5, 0.6) is 0 Å². The number of amides is 1. The monoisotopic (exact) mass is 378 g/mol. The number of rotatable bonds is 4. The van der Waals surface area contributed by atoms with Crippen molar-refractivity contribution in [3.8, 4) is 0 Å². The van der Waals surface area contributed by atoms with Crippen molar-refractivity contribution in [3.63, 3.8) is 0 Å². The first-order valence-electron chi connectivity index (χ1n) is 8.24. The highest BCUT2D eigenvalue weighted by Crippen LogP contribution is 2.46. The third-order valence-corrected chi connectivity index (χ3v) is 7.04. The van der Waals surface area contributed by atoms with Gasteiger partial charge in [0.15, 0.2) is 0 Å². The van der Waals surface area contributed by atoms with E-state index in [-0.39, 0.29) is 22.6 Å². The van der Waals surface area contributed by atoms with E-state index >= 15 is 0 Å². The molecule has 2 saturated heterocycles. The van der Waals surface area contributed by atoms with Gasteiger partial charge in [-0.2, -0.15) is 0 Å². The Balaban J connectivity index is 1.28. The van der Waals surface area contributed by atoms with E-state index in [9.17, 15) is 9.18 Å². The molecular weight excluding hydrogens is 359 g/mol. The topological polar surface area (TPSA) is 42.4 Å². The largest absolute Gasteiger partial charge is 0.371 e. The van der Waals surface area contributed by atoms with Crippen LogP contribution in [0.4, 0.5) is 4.39 Å². The Morgan fingerprint density at radius 1 is 1.40 bits per heavy atom. The van der Waals surface area contributed by atoms with E-state index in [1.165, 1.54) is 12.1 Å². The third kappa shape index (κ3) is 3.59. The molecule has 0 aliphatic carbocycles. The molecule has 25 heavy (non-hydrogen) atoms. The van der Waals surface area contributed by atoms with Crippen LogP contribution >= 0.6 is 23.1 Å². The molecule has 7 heteroatoms. The van der Waals surface area contributed by atoms with Gasteiger partial charge in [0.2, 0.25) is 0 Å². The Hall–Kier alpha value is -1.44. The maximum Gasteiger partial charge on any atom is 0.253 e. The highest BCUT2D eigenvalue weighted by atomic mass is 32.2. The maximum atomic E-state index is 13.0. The predicted molar refractivity (Wildman–Crippen MR) is 97.5 cm³/mol. The molecule has 0 N–H and O–H groups in total. The van der Waals surface area contributed by atoms with Gasteiger partial charge < -0.3 is 9.64 Å². The Labute approximate surface area is 154 Å². The van der Waals surface area contributed by atoms with Gasteiger partial charge in [0.05, 0.1) is 28.2 Å². The van der Waals surface area contributed by atoms with E-state index in [1.54, 1.807) is 23.5 Å². The molecule has 3 heterocycles. The van der Waals surface area contributed by atoms with Crippen molar-refractivity contribution in [2.75, 3.05) is 18.8 Å². The van der Waals surface area contributed by atoms with Crippen molar-refractivity contribution in [1.82, 2.24) is 9.88 Å². The number of aryl methyl sites for hydroxylation is 1. The molecule has 1 aromatic heterocycles. The summed E-state index contributed by atoms with van der Waals surface area (Å²) in [6, 6.07) is 5.76. The molecule has 1 spiro atoms. The molecule has 4 rings (SSSR count). The summed E-state index contributed by atoms with van der Waals surface area (Å²) in [4.78, 5) is 18.7. The molecule has 0 radical (unpaired) electrons. The molecule has 2 fully saturated rings. The Kier molecular flexibility index (Phi) is 4.56. The van der Waals surface area contributed by atoms with Gasteiger partial charge in [-0.25, -0.2) is 9.37 Å². The van der Waals surface area contributed by atoms with Crippen LogP contribution in [0.2, 0.25) is 0 Å². The van der Waals surface area contributed by atoms with Crippen LogP contribution in [0.15, 0.2) is 29.6 Å². The number of thiazole rings is 1. The van der Waals surface area contributed by atoms with Crippen molar-refractivity contribution in [1.29, 1.82) is 0 Å². The van der Waals surface area contributed by atoms with Gasteiger partial charge in [0.1, 0.15) is 5.82 Å². The normalized spacial score (nSPS) is 21.5. The zero-order valence-corrected chi connectivity index (χ0v) is 15.5. The first kappa shape index (κ1) is 17.0. The van der Waals surface area contributed by atoms with Crippen molar-refractivity contribution < 1.29 is 13.9 Å². The smallest absolute Gasteiger partial charge is 0.253 e. The van der Waals surface area contributed by atoms with Crippen LogP contribution in [-0.4, -0.2) is 45.5 Å². The first-order chi connectivity index (χ1) is 12.0. The standard InChI is InChI=1S/C18H19FN2O2S2/c1-12-20-15(8-24-12)7-23-16-6-18(25-9-16)10-21(11-18)17(22)13-2-4-14(19)5-3-13/h2-5,8,16H,6-7,9-11H2,1H3/t16-/m0/s1. The molecule has 2 aromatic rings. The number of ether oxygens (including phenoxy) is 1. The summed E-state index contributed by atoms with van der Waals surface area (Å²) in [5.74, 6) is 0.619. The zero-order valence-electron chi connectivity index (χ0n) is 13.9. The minimum absolute atomic E-state index is 0.0199. The van der Waals surface area contributed by atoms with Crippen molar-refractivity contribution in [3.05, 3.63) is 51.7 Å². The zero-order chi connectivity index (χ0) is 17.4. The second-order valence-corrected chi connectivity index (χ2v) is 9.21. The molecule has 2 aliphatic rings. The summed E-state index contributed by atoms with van der Waals surface area (Å²) < 4.78 is 19.1. The lowest BCUT2D eigenvalue weighted by molar-refractivity contribution is 0.0246. The molecule has 132 valence electrons. The van der Waals surface area contributed by atoms with Crippen molar-refractivity contribution in [2.24, 2.45) is 0 Å². The van der Waals surface area contributed by atoms with Crippen LogP contribution in [0, 0.1) is 12.7 Å². The molecule has 0 unspecified atom stereocenters. The number of hydrogen-bond donors (Lipinski definition) is 0. The SMILES string of the molecule is Cc1nc(CO[C@@H]2CSC3(C2)CN(C(=O)c2ccc(F)cc2)C3)cs1. The summed E-state index contributed by atoms with van der Waals surface area (Å²) in [5, 5.41) is 3.10. The highest BCUT2D eigenvalue weighted by molar-refractivity contribution is 8.01. The summed E-state index contributed by atoms with van der Waals surface area (Å²) in [5.41, 5.74) is 1.54. The van der Waals surface area contributed by atoms with Gasteiger partial charge in [-0.3, -0.25) is 4.79 Å². The van der Waals surface area contributed by atoms with Crippen LogP contribution < -0.4 is 0 Å². The summed E-state index contributed by atoms with van der Waals surface area (Å²) in [6.45, 7) is 4.03. The molecule has 2 aliphatic heterocycles. The number of thioether (sulfide) groups is 1. The van der Waals surface area contributed by atoms with E-state index in [0.29, 0.717) is 12.2 Å². The fourth-order valence-electron chi connectivity index (χ4n) is 3.38. The number of likely N-dealkylation sites (tertiary alicyclic amines) is 1. The van der Waals surface area contributed by atoms with E-state index in [4.69, 9.17) is 4.74 Å². The highest BCUT2D eigenvalue weighted by Gasteiger charge is 2.51. The molecule has 0 bridgehead atoms. The quantitative estimate of drug-likeness (QED) is 0.817. The number of carbonyl (C=O) groups excluding carboxylic acids is 1. The predicted octanol–water partition coefficient (Wildman–Crippen LogP) is 3.51. The minimum Gasteiger partial charge on any atom is -0.371 e. The third-order valence-electron chi connectivity index (χ3n) is 4.65. The number of aromatic nitrogens is 1. The van der Waals surface area contributed by atoms with E-state index in [1.807, 2.05) is 29.0 Å². The molecule has 1 aromatic carbocycles. The minimum atomic E-state index is -0.321. The number of nitrogens with zero attached hydrogens (tertiary/aromatic N) is 2. The molecule has 1 amide bonds. The average molecular weight is 378 g/mol. The van der Waals surface area contributed by atoms with Crippen LogP contribution in [0.3, 0.4) is 0 Å². The van der Waals surface area contributed by atoms with E-state index in [0.717, 1.165) is 36.0 Å². The maximum absolute atomic E-state index is 13.0. The molecule has 1 atom stereocenters. The van der Waals surface area contributed by atoms with E-state index in [2.05, 4.69) is 4.98 Å². The lowest BCUT2D eigenvalue weighted by Gasteiger charge is -2.47. The second-order valence-electron chi connectivity index (χ2n) is 6.66. The van der Waals surface area contributed by atoms with Crippen LogP contribution in [-0.2, 0) is 11.3 Å². The second kappa shape index (κ2) is 6.70. The van der Waals surface area contributed by atoms with Crippen LogP contribution in [0.1, 0.15) is 27.5 Å². The van der Waals surface area contributed by atoms with Gasteiger partial charge in [-0.15, -0.1) is 23.1 Å². The van der Waals surface area contributed by atoms with Crippen molar-refractivity contribution in [2.45, 2.75) is 30.8 Å². The summed E-state index contributed by atoms with van der Waals surface area (Å²) >= 11 is 3.54.